The van der Waals surface area contributed by atoms with Gasteiger partial charge in [-0.25, -0.2) is 4.79 Å². The molecule has 0 atom stereocenters. The third-order valence-electron chi connectivity index (χ3n) is 5.19. The molecule has 0 spiro atoms. The van der Waals surface area contributed by atoms with Gasteiger partial charge in [0.1, 0.15) is 0 Å². The molecule has 1 saturated heterocycles. The van der Waals surface area contributed by atoms with E-state index in [0.29, 0.717) is 42.9 Å². The molecular weight excluding hydrogens is 368 g/mol. The van der Waals surface area contributed by atoms with Gasteiger partial charge < -0.3 is 14.9 Å². The van der Waals surface area contributed by atoms with Crippen LogP contribution >= 0.6 is 0 Å². The van der Waals surface area contributed by atoms with E-state index >= 15 is 0 Å². The molecule has 1 aliphatic rings. The molecule has 2 aromatic carbocycles. The lowest BCUT2D eigenvalue weighted by atomic mass is 9.94. The molecule has 1 N–H and O–H groups in total. The Morgan fingerprint density at radius 1 is 0.793 bits per heavy atom. The lowest BCUT2D eigenvalue weighted by Crippen LogP contribution is -2.39. The molecule has 29 heavy (non-hydrogen) atoms. The fraction of sp³-hybridized carbons (Fsp3) is 0.348. The number of aromatic carboxylic acids is 1. The highest BCUT2D eigenvalue weighted by Gasteiger charge is 2.26. The smallest absolute Gasteiger partial charge is 0.336 e. The first kappa shape index (κ1) is 20.6. The Morgan fingerprint density at radius 2 is 1.31 bits per heavy atom. The van der Waals surface area contributed by atoms with Gasteiger partial charge in [0.25, 0.3) is 5.91 Å². The van der Waals surface area contributed by atoms with Crippen LogP contribution in [0.5, 0.6) is 0 Å². The van der Waals surface area contributed by atoms with Crippen LogP contribution in [-0.2, 0) is 4.79 Å². The second-order valence-electron chi connectivity index (χ2n) is 7.52. The number of rotatable bonds is 4. The van der Waals surface area contributed by atoms with Crippen molar-refractivity contribution in [1.29, 1.82) is 0 Å². The number of carbonyl (C=O) groups excluding carboxylic acids is 2. The van der Waals surface area contributed by atoms with Crippen LogP contribution in [0.25, 0.3) is 11.1 Å². The zero-order valence-corrected chi connectivity index (χ0v) is 16.8. The lowest BCUT2D eigenvalue weighted by Gasteiger charge is -2.24. The summed E-state index contributed by atoms with van der Waals surface area (Å²) in [5.74, 6) is -1.12. The molecular formula is C23H26N2O4. The number of carboxylic acid groups (broad SMARTS) is 1. The maximum absolute atomic E-state index is 13.3. The predicted octanol–water partition coefficient (Wildman–Crippen LogP) is 3.38. The number of amides is 2. The summed E-state index contributed by atoms with van der Waals surface area (Å²) in [5.41, 5.74) is 1.77. The summed E-state index contributed by atoms with van der Waals surface area (Å²) in [7, 11) is 0. The van der Waals surface area contributed by atoms with Crippen LogP contribution in [0.3, 0.4) is 0 Å². The quantitative estimate of drug-likeness (QED) is 0.862. The van der Waals surface area contributed by atoms with E-state index in [-0.39, 0.29) is 23.3 Å². The third kappa shape index (κ3) is 4.47. The first-order chi connectivity index (χ1) is 13.9. The number of carbonyl (C=O) groups is 3. The highest BCUT2D eigenvalue weighted by atomic mass is 16.4. The molecule has 0 unspecified atom stereocenters. The van der Waals surface area contributed by atoms with Crippen molar-refractivity contribution in [2.75, 3.05) is 26.2 Å². The molecule has 1 aliphatic heterocycles. The van der Waals surface area contributed by atoms with E-state index in [1.54, 1.807) is 53.4 Å². The maximum Gasteiger partial charge on any atom is 0.336 e. The average Bonchev–Trinajstić information content (AvgIpc) is 2.98. The summed E-state index contributed by atoms with van der Waals surface area (Å²) >= 11 is 0. The number of carboxylic acids is 1. The van der Waals surface area contributed by atoms with Gasteiger partial charge in [-0.3, -0.25) is 9.59 Å². The highest BCUT2D eigenvalue weighted by Crippen LogP contribution is 2.28. The largest absolute Gasteiger partial charge is 0.478 e. The van der Waals surface area contributed by atoms with E-state index in [1.807, 2.05) is 18.7 Å². The van der Waals surface area contributed by atoms with Crippen molar-refractivity contribution in [3.05, 3.63) is 59.7 Å². The van der Waals surface area contributed by atoms with Crippen molar-refractivity contribution in [3.63, 3.8) is 0 Å². The van der Waals surface area contributed by atoms with E-state index in [0.717, 1.165) is 6.42 Å². The molecule has 0 saturated carbocycles. The van der Waals surface area contributed by atoms with Gasteiger partial charge in [0.2, 0.25) is 5.91 Å². The van der Waals surface area contributed by atoms with Gasteiger partial charge in [-0.05, 0) is 29.7 Å². The maximum atomic E-state index is 13.3. The Kier molecular flexibility index (Phi) is 6.32. The van der Waals surface area contributed by atoms with E-state index in [2.05, 4.69) is 0 Å². The summed E-state index contributed by atoms with van der Waals surface area (Å²) in [5, 5.41) is 9.54. The zero-order chi connectivity index (χ0) is 21.0. The highest BCUT2D eigenvalue weighted by molar-refractivity contribution is 6.04. The number of nitrogens with zero attached hydrogens (tertiary/aromatic N) is 2. The van der Waals surface area contributed by atoms with Gasteiger partial charge >= 0.3 is 5.97 Å². The molecule has 3 rings (SSSR count). The Hall–Kier alpha value is -3.15. The molecule has 6 heteroatoms. The molecule has 2 amide bonds. The molecule has 2 aromatic rings. The lowest BCUT2D eigenvalue weighted by molar-refractivity contribution is -0.134. The Bertz CT molecular complexity index is 923. The first-order valence-corrected chi connectivity index (χ1v) is 9.90. The molecule has 152 valence electrons. The minimum absolute atomic E-state index is 0.0644. The molecule has 0 aromatic heterocycles. The zero-order valence-electron chi connectivity index (χ0n) is 16.8. The summed E-state index contributed by atoms with van der Waals surface area (Å²) in [6.07, 6.45) is 0.720. The Balaban J connectivity index is 1.88. The van der Waals surface area contributed by atoms with Crippen LogP contribution in [0.15, 0.2) is 48.5 Å². The molecule has 1 fully saturated rings. The van der Waals surface area contributed by atoms with E-state index < -0.39 is 5.97 Å². The second kappa shape index (κ2) is 8.90. The van der Waals surface area contributed by atoms with Crippen molar-refractivity contribution >= 4 is 17.8 Å². The molecule has 6 nitrogen and oxygen atoms in total. The minimum atomic E-state index is -1.03. The Labute approximate surface area is 170 Å². The van der Waals surface area contributed by atoms with Gasteiger partial charge in [-0.2, -0.15) is 0 Å². The van der Waals surface area contributed by atoms with Gasteiger partial charge in [0, 0.05) is 37.7 Å². The van der Waals surface area contributed by atoms with Crippen molar-refractivity contribution in [3.8, 4) is 11.1 Å². The third-order valence-corrected chi connectivity index (χ3v) is 5.19. The van der Waals surface area contributed by atoms with Crippen LogP contribution in [0.1, 0.15) is 41.0 Å². The topological polar surface area (TPSA) is 77.9 Å². The van der Waals surface area contributed by atoms with E-state index in [9.17, 15) is 19.5 Å². The molecule has 0 bridgehead atoms. The fourth-order valence-corrected chi connectivity index (χ4v) is 3.69. The molecule has 0 aliphatic carbocycles. The minimum Gasteiger partial charge on any atom is -0.478 e. The van der Waals surface area contributed by atoms with Gasteiger partial charge in [0.15, 0.2) is 0 Å². The predicted molar refractivity (Wildman–Crippen MR) is 111 cm³/mol. The summed E-state index contributed by atoms with van der Waals surface area (Å²) in [6.45, 7) is 5.95. The van der Waals surface area contributed by atoms with Crippen molar-refractivity contribution in [2.24, 2.45) is 5.92 Å². The van der Waals surface area contributed by atoms with Crippen LogP contribution in [0.4, 0.5) is 0 Å². The number of hydrogen-bond donors (Lipinski definition) is 1. The first-order valence-electron chi connectivity index (χ1n) is 9.90. The molecule has 1 heterocycles. The molecule has 0 radical (unpaired) electrons. The summed E-state index contributed by atoms with van der Waals surface area (Å²) in [6, 6.07) is 13.8. The number of hydrogen-bond acceptors (Lipinski definition) is 3. The van der Waals surface area contributed by atoms with E-state index in [4.69, 9.17) is 0 Å². The van der Waals surface area contributed by atoms with Crippen LogP contribution < -0.4 is 0 Å². The SMILES string of the molecule is CC(C)C(=O)N1CCCN(C(=O)c2ccccc2-c2ccccc2C(=O)O)CC1. The second-order valence-corrected chi connectivity index (χ2v) is 7.52. The Morgan fingerprint density at radius 3 is 1.93 bits per heavy atom. The van der Waals surface area contributed by atoms with Crippen molar-refractivity contribution in [1.82, 2.24) is 9.80 Å². The fourth-order valence-electron chi connectivity index (χ4n) is 3.69. The van der Waals surface area contributed by atoms with Crippen LogP contribution in [0.2, 0.25) is 0 Å². The van der Waals surface area contributed by atoms with Gasteiger partial charge in [-0.1, -0.05) is 50.2 Å². The average molecular weight is 394 g/mol. The van der Waals surface area contributed by atoms with Gasteiger partial charge in [-0.15, -0.1) is 0 Å². The van der Waals surface area contributed by atoms with Crippen LogP contribution in [-0.4, -0.2) is 58.9 Å². The van der Waals surface area contributed by atoms with Crippen molar-refractivity contribution in [2.45, 2.75) is 20.3 Å². The summed E-state index contributed by atoms with van der Waals surface area (Å²) in [4.78, 5) is 40.8. The standard InChI is InChI=1S/C23H26N2O4/c1-16(2)21(26)24-12-7-13-25(15-14-24)22(27)19-10-5-3-8-17(19)18-9-4-6-11-20(18)23(28)29/h3-6,8-11,16H,7,12-15H2,1-2H3,(H,28,29). The normalized spacial score (nSPS) is 14.6. The van der Waals surface area contributed by atoms with E-state index in [1.165, 1.54) is 0 Å². The number of benzene rings is 2. The summed E-state index contributed by atoms with van der Waals surface area (Å²) < 4.78 is 0. The van der Waals surface area contributed by atoms with Crippen LogP contribution in [0, 0.1) is 5.92 Å². The monoisotopic (exact) mass is 394 g/mol. The van der Waals surface area contributed by atoms with Gasteiger partial charge in [0.05, 0.1) is 5.56 Å². The van der Waals surface area contributed by atoms with Crippen molar-refractivity contribution < 1.29 is 19.5 Å².